The Morgan fingerprint density at radius 1 is 0.292 bits per heavy atom. The Bertz CT molecular complexity index is 2720. The first-order valence-electron chi connectivity index (χ1n) is 20.2. The van der Waals surface area contributed by atoms with Gasteiger partial charge in [0.1, 0.15) is 23.0 Å². The zero-order valence-corrected chi connectivity index (χ0v) is 39.4. The van der Waals surface area contributed by atoms with E-state index in [1.54, 1.807) is 0 Å². The maximum atomic E-state index is 14.7. The standard InChI is InChI=1S/C48H34F18O4P2/c1-23-7-25(43(49,50)51)13-33(9-23)71(35-15-27(45(55,56)57)11-28(16-35)46(58,59)60)39-21-31(67-3)19-37(69-5)41(39)42-38(70-6)20-32(68-4)22-40(42)72(34-10-24(2)8-26(14-34)44(52,53)54)36-17-29(47(61,62)63)12-30(18-36)48(64,65)66/h7-22H,1-6H3. The molecule has 0 aliphatic rings. The zero-order valence-electron chi connectivity index (χ0n) is 37.6. The highest BCUT2D eigenvalue weighted by atomic mass is 31.1. The van der Waals surface area contributed by atoms with Crippen LogP contribution in [0.25, 0.3) is 11.1 Å². The summed E-state index contributed by atoms with van der Waals surface area (Å²) in [4.78, 5) is 0. The van der Waals surface area contributed by atoms with E-state index in [1.165, 1.54) is 0 Å². The molecule has 386 valence electrons. The van der Waals surface area contributed by atoms with Crippen molar-refractivity contribution in [3.8, 4) is 34.1 Å². The van der Waals surface area contributed by atoms with E-state index in [9.17, 15) is 79.0 Å². The van der Waals surface area contributed by atoms with Crippen LogP contribution < -0.4 is 50.8 Å². The molecule has 0 fully saturated rings. The maximum Gasteiger partial charge on any atom is 0.416 e. The van der Waals surface area contributed by atoms with Crippen LogP contribution in [-0.2, 0) is 37.1 Å². The van der Waals surface area contributed by atoms with E-state index in [4.69, 9.17) is 18.9 Å². The van der Waals surface area contributed by atoms with Crippen molar-refractivity contribution in [2.45, 2.75) is 50.9 Å². The van der Waals surface area contributed by atoms with Gasteiger partial charge in [-0.1, -0.05) is 12.1 Å². The van der Waals surface area contributed by atoms with Crippen molar-refractivity contribution < 1.29 is 98.0 Å². The van der Waals surface area contributed by atoms with Gasteiger partial charge in [0.25, 0.3) is 0 Å². The molecule has 0 radical (unpaired) electrons. The Kier molecular flexibility index (Phi) is 15.3. The van der Waals surface area contributed by atoms with Gasteiger partial charge in [0.2, 0.25) is 0 Å². The van der Waals surface area contributed by atoms with Crippen LogP contribution >= 0.6 is 15.8 Å². The number of benzene rings is 6. The number of aryl methyl sites for hydroxylation is 2. The van der Waals surface area contributed by atoms with Crippen LogP contribution in [-0.4, -0.2) is 28.4 Å². The van der Waals surface area contributed by atoms with Gasteiger partial charge in [0.15, 0.2) is 0 Å². The van der Waals surface area contributed by atoms with Crippen molar-refractivity contribution in [1.29, 1.82) is 0 Å². The van der Waals surface area contributed by atoms with Crippen LogP contribution in [0.5, 0.6) is 23.0 Å². The van der Waals surface area contributed by atoms with E-state index >= 15 is 0 Å². The van der Waals surface area contributed by atoms with Crippen LogP contribution in [0.2, 0.25) is 0 Å². The lowest BCUT2D eigenvalue weighted by Crippen LogP contribution is -2.29. The fourth-order valence-corrected chi connectivity index (χ4v) is 13.1. The molecule has 0 saturated heterocycles. The van der Waals surface area contributed by atoms with Gasteiger partial charge < -0.3 is 18.9 Å². The summed E-state index contributed by atoms with van der Waals surface area (Å²) in [6.07, 6.45) is -32.5. The SMILES string of the molecule is COc1cc(OC)c(-c2c(OC)cc(OC)cc2P(c2cc(C)cc(C(F)(F)F)c2)c2cc(C(F)(F)F)cc(C(F)(F)F)c2)c(P(c2cc(C)cc(C(F)(F)F)c2)c2cc(C(F)(F)F)cc(C(F)(F)F)c2)c1. The average molecular weight is 1080 g/mol. The fraction of sp³-hybridized carbons (Fsp3) is 0.250. The molecule has 72 heavy (non-hydrogen) atoms. The van der Waals surface area contributed by atoms with Gasteiger partial charge in [-0.15, -0.1) is 0 Å². The lowest BCUT2D eigenvalue weighted by atomic mass is 10.0. The molecular formula is C48H34F18O4P2. The van der Waals surface area contributed by atoms with Crippen LogP contribution in [0.15, 0.2) is 97.1 Å². The Morgan fingerprint density at radius 2 is 0.528 bits per heavy atom. The molecule has 6 aromatic rings. The molecule has 0 aliphatic heterocycles. The molecule has 0 amide bonds. The Hall–Kier alpha value is -5.88. The summed E-state index contributed by atoms with van der Waals surface area (Å²) in [5, 5.41) is -3.93. The third kappa shape index (κ3) is 12.0. The normalized spacial score (nSPS) is 13.7. The molecular weight excluding hydrogens is 1040 g/mol. The average Bonchev–Trinajstić information content (AvgIpc) is 3.26. The Labute approximate surface area is 400 Å². The van der Waals surface area contributed by atoms with Crippen LogP contribution in [0.1, 0.15) is 44.5 Å². The minimum atomic E-state index is -5.53. The quantitative estimate of drug-likeness (QED) is 0.0957. The number of hydrogen-bond donors (Lipinski definition) is 0. The van der Waals surface area contributed by atoms with Gasteiger partial charge in [-0.05, 0) is 135 Å². The fourth-order valence-electron chi connectivity index (χ4n) is 7.67. The monoisotopic (exact) mass is 1080 g/mol. The molecule has 2 atom stereocenters. The summed E-state index contributed by atoms with van der Waals surface area (Å²) in [6.45, 7) is 2.29. The number of hydrogen-bond acceptors (Lipinski definition) is 4. The van der Waals surface area contributed by atoms with Gasteiger partial charge >= 0.3 is 37.1 Å². The molecule has 0 saturated carbocycles. The summed E-state index contributed by atoms with van der Waals surface area (Å²) in [7, 11) is -2.49. The van der Waals surface area contributed by atoms with E-state index in [0.717, 1.165) is 78.7 Å². The first-order valence-corrected chi connectivity index (χ1v) is 22.9. The van der Waals surface area contributed by atoms with Crippen molar-refractivity contribution in [1.82, 2.24) is 0 Å². The molecule has 24 heteroatoms. The van der Waals surface area contributed by atoms with Crippen molar-refractivity contribution in [3.05, 3.63) is 142 Å². The number of methoxy groups -OCH3 is 4. The second kappa shape index (κ2) is 19.9. The van der Waals surface area contributed by atoms with Crippen molar-refractivity contribution >= 4 is 47.7 Å². The molecule has 0 aromatic heterocycles. The summed E-state index contributed by atoms with van der Waals surface area (Å²) in [5.41, 5.74) is -11.9. The number of rotatable bonds is 11. The maximum absolute atomic E-state index is 14.7. The summed E-state index contributed by atoms with van der Waals surface area (Å²) >= 11 is 0. The van der Waals surface area contributed by atoms with Crippen molar-refractivity contribution in [2.75, 3.05) is 28.4 Å². The highest BCUT2D eigenvalue weighted by Gasteiger charge is 2.42. The minimum absolute atomic E-state index is 0.206. The van der Waals surface area contributed by atoms with E-state index in [-0.39, 0.29) is 59.0 Å². The van der Waals surface area contributed by atoms with E-state index in [2.05, 4.69) is 0 Å². The van der Waals surface area contributed by atoms with Crippen LogP contribution in [0, 0.1) is 13.8 Å². The van der Waals surface area contributed by atoms with Crippen LogP contribution in [0.4, 0.5) is 79.0 Å². The highest BCUT2D eigenvalue weighted by Crippen LogP contribution is 2.52. The summed E-state index contributed by atoms with van der Waals surface area (Å²) in [5.74, 6) is -1.57. The van der Waals surface area contributed by atoms with Crippen molar-refractivity contribution in [3.63, 3.8) is 0 Å². The second-order valence-corrected chi connectivity index (χ2v) is 20.1. The topological polar surface area (TPSA) is 36.9 Å². The zero-order chi connectivity index (χ0) is 53.8. The molecule has 0 bridgehead atoms. The van der Waals surface area contributed by atoms with E-state index < -0.39 is 141 Å². The smallest absolute Gasteiger partial charge is 0.416 e. The van der Waals surface area contributed by atoms with E-state index in [1.807, 2.05) is 0 Å². The molecule has 4 nitrogen and oxygen atoms in total. The molecule has 0 aliphatic carbocycles. The van der Waals surface area contributed by atoms with Gasteiger partial charge in [0, 0.05) is 33.9 Å². The second-order valence-electron chi connectivity index (χ2n) is 15.8. The lowest BCUT2D eigenvalue weighted by molar-refractivity contribution is -0.144. The van der Waals surface area contributed by atoms with Crippen molar-refractivity contribution in [2.24, 2.45) is 0 Å². The molecule has 6 rings (SSSR count). The number of ether oxygens (including phenoxy) is 4. The number of alkyl halides is 18. The Morgan fingerprint density at radius 3 is 0.750 bits per heavy atom. The predicted octanol–water partition coefficient (Wildman–Crippen LogP) is 13.6. The third-order valence-corrected chi connectivity index (χ3v) is 15.5. The summed E-state index contributed by atoms with van der Waals surface area (Å²) < 4.78 is 286. The van der Waals surface area contributed by atoms with Crippen LogP contribution in [0.3, 0.4) is 0 Å². The molecule has 0 spiro atoms. The molecule has 0 N–H and O–H groups in total. The first-order chi connectivity index (χ1) is 33.1. The van der Waals surface area contributed by atoms with Gasteiger partial charge in [-0.2, -0.15) is 79.0 Å². The summed E-state index contributed by atoms with van der Waals surface area (Å²) in [6, 6.07) is 9.01. The molecule has 6 aromatic carbocycles. The largest absolute Gasteiger partial charge is 0.497 e. The third-order valence-electron chi connectivity index (χ3n) is 10.7. The van der Waals surface area contributed by atoms with Gasteiger partial charge in [-0.3, -0.25) is 0 Å². The highest BCUT2D eigenvalue weighted by molar-refractivity contribution is 7.80. The lowest BCUT2D eigenvalue weighted by Gasteiger charge is -2.30. The minimum Gasteiger partial charge on any atom is -0.497 e. The Balaban J connectivity index is 1.94. The first kappa shape index (κ1) is 55.4. The predicted molar refractivity (Wildman–Crippen MR) is 235 cm³/mol. The van der Waals surface area contributed by atoms with Gasteiger partial charge in [0.05, 0.1) is 61.8 Å². The molecule has 0 heterocycles. The van der Waals surface area contributed by atoms with Gasteiger partial charge in [-0.25, -0.2) is 0 Å². The van der Waals surface area contributed by atoms with E-state index in [0.29, 0.717) is 24.3 Å². The molecule has 2 unspecified atom stereocenters. The number of halogens is 18.